The van der Waals surface area contributed by atoms with Crippen molar-refractivity contribution in [3.8, 4) is 0 Å². The predicted molar refractivity (Wildman–Crippen MR) is 85.4 cm³/mol. The van der Waals surface area contributed by atoms with Gasteiger partial charge in [0.15, 0.2) is 0 Å². The second kappa shape index (κ2) is 7.43. The van der Waals surface area contributed by atoms with Gasteiger partial charge in [0.05, 0.1) is 12.6 Å². The van der Waals surface area contributed by atoms with Crippen LogP contribution in [0.5, 0.6) is 0 Å². The van der Waals surface area contributed by atoms with Gasteiger partial charge in [-0.05, 0) is 50.6 Å². The van der Waals surface area contributed by atoms with Crippen LogP contribution in [0.15, 0.2) is 24.3 Å². The highest BCUT2D eigenvalue weighted by Crippen LogP contribution is 2.16. The number of benzene rings is 1. The number of rotatable bonds is 5. The van der Waals surface area contributed by atoms with Crippen LogP contribution < -0.4 is 10.6 Å². The fourth-order valence-corrected chi connectivity index (χ4v) is 2.54. The number of nitrogens with zero attached hydrogens (tertiary/aromatic N) is 2. The maximum Gasteiger partial charge on any atom is 0.240 e. The first kappa shape index (κ1) is 15.8. The first-order valence-corrected chi connectivity index (χ1v) is 7.48. The molecule has 5 nitrogen and oxygen atoms in total. The summed E-state index contributed by atoms with van der Waals surface area (Å²) < 4.78 is 5.71. The van der Waals surface area contributed by atoms with Crippen molar-refractivity contribution in [2.45, 2.75) is 25.4 Å². The zero-order valence-corrected chi connectivity index (χ0v) is 12.9. The van der Waals surface area contributed by atoms with E-state index >= 15 is 0 Å². The number of carbonyl (C=O) groups excluding carboxylic acids is 1. The first-order valence-electron chi connectivity index (χ1n) is 7.48. The Labute approximate surface area is 126 Å². The van der Waals surface area contributed by atoms with Gasteiger partial charge in [-0.15, -0.1) is 0 Å². The second-order valence-corrected chi connectivity index (χ2v) is 5.73. The third kappa shape index (κ3) is 4.72. The Hall–Kier alpha value is -1.59. The van der Waals surface area contributed by atoms with E-state index in [9.17, 15) is 4.79 Å². The van der Waals surface area contributed by atoms with E-state index in [2.05, 4.69) is 0 Å². The third-order valence-corrected chi connectivity index (χ3v) is 3.85. The standard InChI is InChI=1S/C16H25N3O2/c1-18(11-15-5-3-4-10-21-15)12-16(20)19(2)14-8-6-13(17)7-9-14/h6-9,15H,3-5,10-12,17H2,1-2H3. The van der Waals surface area contributed by atoms with E-state index in [1.807, 2.05) is 24.1 Å². The molecule has 0 spiro atoms. The van der Waals surface area contributed by atoms with E-state index in [1.165, 1.54) is 6.42 Å². The Kier molecular flexibility index (Phi) is 5.59. The smallest absolute Gasteiger partial charge is 0.240 e. The van der Waals surface area contributed by atoms with E-state index < -0.39 is 0 Å². The summed E-state index contributed by atoms with van der Waals surface area (Å²) in [6.45, 7) is 2.04. The van der Waals surface area contributed by atoms with E-state index in [1.54, 1.807) is 24.1 Å². The molecule has 0 aromatic heterocycles. The van der Waals surface area contributed by atoms with Crippen LogP contribution in [0.1, 0.15) is 19.3 Å². The van der Waals surface area contributed by atoms with Crippen molar-refractivity contribution >= 4 is 17.3 Å². The molecule has 21 heavy (non-hydrogen) atoms. The molecule has 2 N–H and O–H groups in total. The van der Waals surface area contributed by atoms with Gasteiger partial charge in [0, 0.05) is 31.6 Å². The fraction of sp³-hybridized carbons (Fsp3) is 0.562. The average molecular weight is 291 g/mol. The number of nitrogen functional groups attached to an aromatic ring is 1. The zero-order chi connectivity index (χ0) is 15.2. The number of hydrogen-bond donors (Lipinski definition) is 1. The van der Waals surface area contributed by atoms with Crippen LogP contribution >= 0.6 is 0 Å². The minimum absolute atomic E-state index is 0.0677. The van der Waals surface area contributed by atoms with Gasteiger partial charge in [0.25, 0.3) is 0 Å². The van der Waals surface area contributed by atoms with Crippen molar-refractivity contribution in [2.24, 2.45) is 0 Å². The molecule has 0 aliphatic carbocycles. The minimum Gasteiger partial charge on any atom is -0.399 e. The van der Waals surface area contributed by atoms with Crippen molar-refractivity contribution in [1.29, 1.82) is 0 Å². The maximum atomic E-state index is 12.3. The molecule has 1 saturated heterocycles. The first-order chi connectivity index (χ1) is 10.1. The summed E-state index contributed by atoms with van der Waals surface area (Å²) in [5.41, 5.74) is 7.22. The molecule has 1 heterocycles. The summed E-state index contributed by atoms with van der Waals surface area (Å²) >= 11 is 0. The molecule has 1 aromatic rings. The molecule has 0 bridgehead atoms. The van der Waals surface area contributed by atoms with Gasteiger partial charge >= 0.3 is 0 Å². The monoisotopic (exact) mass is 291 g/mol. The molecule has 0 radical (unpaired) electrons. The third-order valence-electron chi connectivity index (χ3n) is 3.85. The lowest BCUT2D eigenvalue weighted by molar-refractivity contribution is -0.119. The van der Waals surface area contributed by atoms with Gasteiger partial charge in [-0.3, -0.25) is 9.69 Å². The molecule has 1 amide bonds. The van der Waals surface area contributed by atoms with E-state index in [0.29, 0.717) is 12.2 Å². The number of anilines is 2. The summed E-state index contributed by atoms with van der Waals surface area (Å²) in [7, 11) is 3.76. The van der Waals surface area contributed by atoms with Gasteiger partial charge < -0.3 is 15.4 Å². The van der Waals surface area contributed by atoms with Gasteiger partial charge in [0.2, 0.25) is 5.91 Å². The Morgan fingerprint density at radius 3 is 2.62 bits per heavy atom. The van der Waals surface area contributed by atoms with E-state index in [4.69, 9.17) is 10.5 Å². The van der Waals surface area contributed by atoms with Crippen LogP contribution in [0.3, 0.4) is 0 Å². The molecule has 2 rings (SSSR count). The number of likely N-dealkylation sites (N-methyl/N-ethyl adjacent to an activating group) is 2. The van der Waals surface area contributed by atoms with Crippen LogP contribution in [-0.2, 0) is 9.53 Å². The van der Waals surface area contributed by atoms with Crippen LogP contribution in [-0.4, -0.2) is 50.7 Å². The number of carbonyl (C=O) groups is 1. The number of amides is 1. The molecular formula is C16H25N3O2. The van der Waals surface area contributed by atoms with Crippen molar-refractivity contribution in [3.05, 3.63) is 24.3 Å². The molecule has 1 aliphatic rings. The molecule has 1 unspecified atom stereocenters. The zero-order valence-electron chi connectivity index (χ0n) is 12.9. The Morgan fingerprint density at radius 2 is 2.00 bits per heavy atom. The largest absolute Gasteiger partial charge is 0.399 e. The number of hydrogen-bond acceptors (Lipinski definition) is 4. The maximum absolute atomic E-state index is 12.3. The SMILES string of the molecule is CN(CC(=O)N(C)c1ccc(N)cc1)CC1CCCCO1. The number of ether oxygens (including phenoxy) is 1. The second-order valence-electron chi connectivity index (χ2n) is 5.73. The van der Waals surface area contributed by atoms with E-state index in [0.717, 1.165) is 31.7 Å². The topological polar surface area (TPSA) is 58.8 Å². The number of nitrogens with two attached hydrogens (primary N) is 1. The summed E-state index contributed by atoms with van der Waals surface area (Å²) in [5.74, 6) is 0.0677. The predicted octanol–water partition coefficient (Wildman–Crippen LogP) is 1.73. The van der Waals surface area contributed by atoms with Crippen molar-refractivity contribution in [3.63, 3.8) is 0 Å². The van der Waals surface area contributed by atoms with Gasteiger partial charge in [-0.1, -0.05) is 0 Å². The molecule has 1 fully saturated rings. The Morgan fingerprint density at radius 1 is 1.29 bits per heavy atom. The summed E-state index contributed by atoms with van der Waals surface area (Å²) in [6, 6.07) is 7.33. The van der Waals surface area contributed by atoms with Crippen LogP contribution in [0, 0.1) is 0 Å². The van der Waals surface area contributed by atoms with Gasteiger partial charge in [0.1, 0.15) is 0 Å². The summed E-state index contributed by atoms with van der Waals surface area (Å²) in [6.07, 6.45) is 3.72. The Balaban J connectivity index is 1.83. The lowest BCUT2D eigenvalue weighted by atomic mass is 10.1. The van der Waals surface area contributed by atoms with Crippen molar-refractivity contribution < 1.29 is 9.53 Å². The minimum atomic E-state index is 0.0677. The normalized spacial score (nSPS) is 18.7. The van der Waals surface area contributed by atoms with Gasteiger partial charge in [-0.2, -0.15) is 0 Å². The molecule has 1 atom stereocenters. The molecule has 116 valence electrons. The molecule has 0 saturated carbocycles. The highest BCUT2D eigenvalue weighted by Gasteiger charge is 2.19. The van der Waals surface area contributed by atoms with Crippen molar-refractivity contribution in [1.82, 2.24) is 4.90 Å². The molecular weight excluding hydrogens is 266 g/mol. The van der Waals surface area contributed by atoms with Crippen LogP contribution in [0.4, 0.5) is 11.4 Å². The lowest BCUT2D eigenvalue weighted by Crippen LogP contribution is -2.40. The molecule has 5 heteroatoms. The summed E-state index contributed by atoms with van der Waals surface area (Å²) in [4.78, 5) is 16.0. The van der Waals surface area contributed by atoms with Crippen molar-refractivity contribution in [2.75, 3.05) is 44.4 Å². The van der Waals surface area contributed by atoms with Gasteiger partial charge in [-0.25, -0.2) is 0 Å². The summed E-state index contributed by atoms with van der Waals surface area (Å²) in [5, 5.41) is 0. The van der Waals surface area contributed by atoms with E-state index in [-0.39, 0.29) is 12.0 Å². The fourth-order valence-electron chi connectivity index (χ4n) is 2.54. The highest BCUT2D eigenvalue weighted by molar-refractivity contribution is 5.94. The average Bonchev–Trinajstić information content (AvgIpc) is 2.48. The highest BCUT2D eigenvalue weighted by atomic mass is 16.5. The quantitative estimate of drug-likeness (QED) is 0.839. The molecule has 1 aliphatic heterocycles. The molecule has 1 aromatic carbocycles. The van der Waals surface area contributed by atoms with Crippen LogP contribution in [0.2, 0.25) is 0 Å². The lowest BCUT2D eigenvalue weighted by Gasteiger charge is -2.28. The Bertz CT molecular complexity index is 455. The van der Waals surface area contributed by atoms with Crippen LogP contribution in [0.25, 0.3) is 0 Å².